The summed E-state index contributed by atoms with van der Waals surface area (Å²) in [5.41, 5.74) is 11.0. The summed E-state index contributed by atoms with van der Waals surface area (Å²) in [6.07, 6.45) is 0. The highest BCUT2D eigenvalue weighted by Gasteiger charge is 2.08. The van der Waals surface area contributed by atoms with Gasteiger partial charge in [-0.3, -0.25) is 0 Å². The monoisotopic (exact) mass is 280 g/mol. The fourth-order valence-corrected chi connectivity index (χ4v) is 3.12. The van der Waals surface area contributed by atoms with Crippen LogP contribution in [0.2, 0.25) is 0 Å². The molecule has 4 nitrogen and oxygen atoms in total. The van der Waals surface area contributed by atoms with Crippen LogP contribution < -0.4 is 5.73 Å². The lowest BCUT2D eigenvalue weighted by molar-refractivity contribution is 1.34. The molecular formula is C15H12N4S. The fraction of sp³-hybridized carbons (Fsp3) is 0.0667. The Labute approximate surface area is 119 Å². The Morgan fingerprint density at radius 3 is 2.80 bits per heavy atom. The summed E-state index contributed by atoms with van der Waals surface area (Å²) in [5.74, 6) is 0.875. The van der Waals surface area contributed by atoms with E-state index in [0.717, 1.165) is 32.6 Å². The summed E-state index contributed by atoms with van der Waals surface area (Å²) >= 11 is 1.50. The summed E-state index contributed by atoms with van der Waals surface area (Å²) in [6.45, 7) is 2.08. The maximum Gasteiger partial charge on any atom is 0.181 e. The van der Waals surface area contributed by atoms with Gasteiger partial charge in [0.2, 0.25) is 0 Å². The molecule has 0 fully saturated rings. The quantitative estimate of drug-likeness (QED) is 0.558. The van der Waals surface area contributed by atoms with Gasteiger partial charge in [-0.1, -0.05) is 17.4 Å². The van der Waals surface area contributed by atoms with Crippen molar-refractivity contribution in [2.75, 3.05) is 5.73 Å². The summed E-state index contributed by atoms with van der Waals surface area (Å²) in [4.78, 5) is 12.3. The Kier molecular flexibility index (Phi) is 2.31. The molecular weight excluding hydrogens is 268 g/mol. The van der Waals surface area contributed by atoms with Gasteiger partial charge in [-0.05, 0) is 42.8 Å². The third-order valence-electron chi connectivity index (χ3n) is 3.32. The number of aromatic nitrogens is 3. The summed E-state index contributed by atoms with van der Waals surface area (Å²) < 4.78 is 1.08. The Balaban J connectivity index is 1.90. The second-order valence-corrected chi connectivity index (χ2v) is 5.90. The van der Waals surface area contributed by atoms with E-state index in [0.29, 0.717) is 5.13 Å². The van der Waals surface area contributed by atoms with Gasteiger partial charge in [0.25, 0.3) is 0 Å². The molecule has 98 valence electrons. The first-order valence-electron chi connectivity index (χ1n) is 6.32. The number of hydrogen-bond donors (Lipinski definition) is 2. The van der Waals surface area contributed by atoms with Crippen LogP contribution in [0.3, 0.4) is 0 Å². The highest BCUT2D eigenvalue weighted by atomic mass is 32.1. The zero-order valence-corrected chi connectivity index (χ0v) is 11.7. The number of imidazole rings is 1. The van der Waals surface area contributed by atoms with E-state index in [1.165, 1.54) is 16.9 Å². The lowest BCUT2D eigenvalue weighted by atomic mass is 10.2. The van der Waals surface area contributed by atoms with Crippen LogP contribution in [0.1, 0.15) is 5.56 Å². The molecule has 5 heteroatoms. The first-order chi connectivity index (χ1) is 9.69. The Bertz CT molecular complexity index is 936. The number of benzene rings is 2. The predicted octanol–water partition coefficient (Wildman–Crippen LogP) is 3.73. The van der Waals surface area contributed by atoms with Gasteiger partial charge in [0.1, 0.15) is 5.82 Å². The number of nitrogens with one attached hydrogen (secondary N) is 1. The molecule has 20 heavy (non-hydrogen) atoms. The van der Waals surface area contributed by atoms with Gasteiger partial charge in [0, 0.05) is 5.56 Å². The molecule has 4 aromatic rings. The van der Waals surface area contributed by atoms with Crippen molar-refractivity contribution >= 4 is 37.7 Å². The molecule has 2 heterocycles. The van der Waals surface area contributed by atoms with Crippen molar-refractivity contribution in [3.05, 3.63) is 42.0 Å². The lowest BCUT2D eigenvalue weighted by Gasteiger charge is -1.95. The van der Waals surface area contributed by atoms with E-state index >= 15 is 0 Å². The highest BCUT2D eigenvalue weighted by Crippen LogP contribution is 2.29. The van der Waals surface area contributed by atoms with Gasteiger partial charge in [-0.15, -0.1) is 0 Å². The van der Waals surface area contributed by atoms with Crippen LogP contribution in [-0.2, 0) is 0 Å². The minimum atomic E-state index is 0.595. The van der Waals surface area contributed by atoms with Crippen LogP contribution in [0.5, 0.6) is 0 Å². The van der Waals surface area contributed by atoms with Crippen LogP contribution in [0.15, 0.2) is 36.4 Å². The maximum atomic E-state index is 5.74. The average molecular weight is 280 g/mol. The lowest BCUT2D eigenvalue weighted by Crippen LogP contribution is -1.80. The van der Waals surface area contributed by atoms with Gasteiger partial charge in [0.15, 0.2) is 5.13 Å². The van der Waals surface area contributed by atoms with Crippen LogP contribution in [0.4, 0.5) is 5.13 Å². The second kappa shape index (κ2) is 4.05. The summed E-state index contributed by atoms with van der Waals surface area (Å²) in [5, 5.41) is 0.595. The molecule has 3 N–H and O–H groups in total. The first-order valence-corrected chi connectivity index (χ1v) is 7.13. The molecule has 0 amide bonds. The first kappa shape index (κ1) is 11.4. The number of thiazole rings is 1. The van der Waals surface area contributed by atoms with Crippen molar-refractivity contribution in [2.45, 2.75) is 6.92 Å². The van der Waals surface area contributed by atoms with E-state index in [2.05, 4.69) is 40.1 Å². The van der Waals surface area contributed by atoms with Gasteiger partial charge in [-0.25, -0.2) is 9.97 Å². The number of nitrogens with two attached hydrogens (primary N) is 1. The molecule has 2 aromatic heterocycles. The minimum absolute atomic E-state index is 0.595. The summed E-state index contributed by atoms with van der Waals surface area (Å²) in [6, 6.07) is 12.3. The normalized spacial score (nSPS) is 11.4. The topological polar surface area (TPSA) is 67.6 Å². The number of fused-ring (bicyclic) bond motifs is 2. The number of aryl methyl sites for hydroxylation is 1. The van der Waals surface area contributed by atoms with Crippen molar-refractivity contribution in [3.8, 4) is 11.4 Å². The predicted molar refractivity (Wildman–Crippen MR) is 83.9 cm³/mol. The van der Waals surface area contributed by atoms with Crippen LogP contribution >= 0.6 is 11.3 Å². The van der Waals surface area contributed by atoms with Gasteiger partial charge >= 0.3 is 0 Å². The molecule has 0 atom stereocenters. The largest absolute Gasteiger partial charge is 0.375 e. The molecule has 0 radical (unpaired) electrons. The number of nitrogen functional groups attached to an aromatic ring is 1. The minimum Gasteiger partial charge on any atom is -0.375 e. The zero-order valence-electron chi connectivity index (χ0n) is 10.8. The third kappa shape index (κ3) is 1.75. The fourth-order valence-electron chi connectivity index (χ4n) is 2.35. The standard InChI is InChI=1S/C15H12N4S/c1-8-2-4-10-12(6-8)18-14(17-10)9-3-5-11-13(7-9)20-15(16)19-11/h2-7H,1H3,(H2,16,19)(H,17,18). The number of nitrogens with zero attached hydrogens (tertiary/aromatic N) is 2. The highest BCUT2D eigenvalue weighted by molar-refractivity contribution is 7.22. The SMILES string of the molecule is Cc1ccc2nc(-c3ccc4nc(N)sc4c3)[nH]c2c1. The van der Waals surface area contributed by atoms with Crippen LogP contribution in [-0.4, -0.2) is 15.0 Å². The molecule has 0 spiro atoms. The van der Waals surface area contributed by atoms with E-state index in [1.807, 2.05) is 18.2 Å². The van der Waals surface area contributed by atoms with Crippen molar-refractivity contribution in [1.29, 1.82) is 0 Å². The van der Waals surface area contributed by atoms with Crippen molar-refractivity contribution in [1.82, 2.24) is 15.0 Å². The van der Waals surface area contributed by atoms with Crippen LogP contribution in [0.25, 0.3) is 32.6 Å². The molecule has 0 aliphatic heterocycles. The third-order valence-corrected chi connectivity index (χ3v) is 4.16. The zero-order chi connectivity index (χ0) is 13.7. The molecule has 0 unspecified atom stereocenters. The second-order valence-electron chi connectivity index (χ2n) is 4.84. The van der Waals surface area contributed by atoms with E-state index in [-0.39, 0.29) is 0 Å². The number of hydrogen-bond acceptors (Lipinski definition) is 4. The summed E-state index contributed by atoms with van der Waals surface area (Å²) in [7, 11) is 0. The van der Waals surface area contributed by atoms with Crippen molar-refractivity contribution < 1.29 is 0 Å². The smallest absolute Gasteiger partial charge is 0.181 e. The Hall–Kier alpha value is -2.40. The number of anilines is 1. The molecule has 0 saturated carbocycles. The van der Waals surface area contributed by atoms with Crippen molar-refractivity contribution in [2.24, 2.45) is 0 Å². The molecule has 0 bridgehead atoms. The van der Waals surface area contributed by atoms with E-state index < -0.39 is 0 Å². The molecule has 2 aromatic carbocycles. The molecule has 0 aliphatic rings. The number of rotatable bonds is 1. The molecule has 0 saturated heterocycles. The molecule has 4 rings (SSSR count). The Morgan fingerprint density at radius 1 is 1.05 bits per heavy atom. The van der Waals surface area contributed by atoms with E-state index in [4.69, 9.17) is 5.73 Å². The van der Waals surface area contributed by atoms with Gasteiger partial charge < -0.3 is 10.7 Å². The van der Waals surface area contributed by atoms with E-state index in [1.54, 1.807) is 0 Å². The van der Waals surface area contributed by atoms with Gasteiger partial charge in [0.05, 0.1) is 21.3 Å². The maximum absolute atomic E-state index is 5.74. The van der Waals surface area contributed by atoms with Gasteiger partial charge in [-0.2, -0.15) is 0 Å². The van der Waals surface area contributed by atoms with Crippen LogP contribution in [0, 0.1) is 6.92 Å². The average Bonchev–Trinajstić information content (AvgIpc) is 2.99. The number of H-pyrrole nitrogens is 1. The number of aromatic amines is 1. The van der Waals surface area contributed by atoms with E-state index in [9.17, 15) is 0 Å². The molecule has 0 aliphatic carbocycles. The van der Waals surface area contributed by atoms with Crippen molar-refractivity contribution in [3.63, 3.8) is 0 Å². The Morgan fingerprint density at radius 2 is 1.90 bits per heavy atom.